The highest BCUT2D eigenvalue weighted by atomic mass is 35.5. The van der Waals surface area contributed by atoms with Gasteiger partial charge in [-0.15, -0.1) is 11.8 Å². The Bertz CT molecular complexity index is 1160. The summed E-state index contributed by atoms with van der Waals surface area (Å²) in [4.78, 5) is 10.2. The molecule has 3 nitrogen and oxygen atoms in total. The summed E-state index contributed by atoms with van der Waals surface area (Å²) in [5.41, 5.74) is 3.82. The first-order chi connectivity index (χ1) is 14.7. The van der Waals surface area contributed by atoms with Gasteiger partial charge in [-0.05, 0) is 47.5 Å². The van der Waals surface area contributed by atoms with Gasteiger partial charge in [-0.2, -0.15) is 0 Å². The molecule has 30 heavy (non-hydrogen) atoms. The molecule has 150 valence electrons. The molecule has 0 aliphatic heterocycles. The van der Waals surface area contributed by atoms with Gasteiger partial charge in [0.05, 0.1) is 11.7 Å². The van der Waals surface area contributed by atoms with Crippen LogP contribution < -0.4 is 0 Å². The summed E-state index contributed by atoms with van der Waals surface area (Å²) in [7, 11) is 0. The van der Waals surface area contributed by atoms with Crippen LogP contribution in [0.1, 0.15) is 16.7 Å². The van der Waals surface area contributed by atoms with Gasteiger partial charge in [-0.25, -0.2) is 9.37 Å². The zero-order valence-corrected chi connectivity index (χ0v) is 17.5. The Morgan fingerprint density at radius 2 is 1.70 bits per heavy atom. The highest BCUT2D eigenvalue weighted by Gasteiger charge is 2.07. The van der Waals surface area contributed by atoms with E-state index >= 15 is 0 Å². The van der Waals surface area contributed by atoms with Crippen molar-refractivity contribution in [1.82, 2.24) is 4.98 Å². The fraction of sp³-hybridized carbons (Fsp3) is 0.0833. The number of hydrogen-bond acceptors (Lipinski definition) is 4. The summed E-state index contributed by atoms with van der Waals surface area (Å²) >= 11 is 7.61. The standard InChI is InChI=1S/C24H18ClFN2OS/c25-21-9-5-18(6-10-21)16-30-24-20(13-19-3-1-2-4-23(19)28-24)14-27-29-15-17-7-11-22(26)12-8-17/h1-14H,15-16H2/b27-14+. The zero-order valence-electron chi connectivity index (χ0n) is 16.0. The number of benzene rings is 3. The lowest BCUT2D eigenvalue weighted by Gasteiger charge is -2.08. The Morgan fingerprint density at radius 3 is 2.50 bits per heavy atom. The van der Waals surface area contributed by atoms with Crippen LogP contribution in [0.5, 0.6) is 0 Å². The molecule has 0 N–H and O–H groups in total. The van der Waals surface area contributed by atoms with Crippen molar-refractivity contribution in [3.63, 3.8) is 0 Å². The predicted octanol–water partition coefficient (Wildman–Crippen LogP) is 6.87. The van der Waals surface area contributed by atoms with E-state index in [-0.39, 0.29) is 12.4 Å². The van der Waals surface area contributed by atoms with Gasteiger partial charge in [0.1, 0.15) is 17.5 Å². The summed E-state index contributed by atoms with van der Waals surface area (Å²) in [5.74, 6) is 0.492. The quantitative estimate of drug-likeness (QED) is 0.180. The Labute approximate surface area is 183 Å². The number of nitrogens with zero attached hydrogens (tertiary/aromatic N) is 2. The number of fused-ring (bicyclic) bond motifs is 1. The van der Waals surface area contributed by atoms with Crippen LogP contribution in [0.15, 0.2) is 89.0 Å². The van der Waals surface area contributed by atoms with E-state index in [0.29, 0.717) is 0 Å². The van der Waals surface area contributed by atoms with E-state index in [2.05, 4.69) is 11.2 Å². The Kier molecular flexibility index (Phi) is 6.62. The maximum atomic E-state index is 13.0. The molecule has 0 radical (unpaired) electrons. The van der Waals surface area contributed by atoms with Crippen LogP contribution in [0.4, 0.5) is 4.39 Å². The predicted molar refractivity (Wildman–Crippen MR) is 122 cm³/mol. The molecule has 0 unspecified atom stereocenters. The van der Waals surface area contributed by atoms with Crippen LogP contribution in [0, 0.1) is 5.82 Å². The van der Waals surface area contributed by atoms with Crippen LogP contribution >= 0.6 is 23.4 Å². The van der Waals surface area contributed by atoms with Crippen LogP contribution in [-0.2, 0) is 17.2 Å². The number of halogens is 2. The third-order valence-corrected chi connectivity index (χ3v) is 5.75. The second kappa shape index (κ2) is 9.74. The smallest absolute Gasteiger partial charge is 0.142 e. The molecule has 0 spiro atoms. The van der Waals surface area contributed by atoms with E-state index in [1.807, 2.05) is 48.5 Å². The number of pyridine rings is 1. The highest BCUT2D eigenvalue weighted by molar-refractivity contribution is 7.98. The molecule has 6 heteroatoms. The molecule has 3 aromatic carbocycles. The average Bonchev–Trinajstić information content (AvgIpc) is 2.77. The second-order valence-corrected chi connectivity index (χ2v) is 8.03. The molecule has 1 heterocycles. The minimum Gasteiger partial charge on any atom is -0.391 e. The molecule has 4 aromatic rings. The molecule has 0 saturated heterocycles. The first-order valence-corrected chi connectivity index (χ1v) is 10.7. The maximum Gasteiger partial charge on any atom is 0.142 e. The van der Waals surface area contributed by atoms with E-state index < -0.39 is 0 Å². The number of oxime groups is 1. The monoisotopic (exact) mass is 436 g/mol. The fourth-order valence-electron chi connectivity index (χ4n) is 2.84. The SMILES string of the molecule is Fc1ccc(CO/N=C/c2cc3ccccc3nc2SCc2ccc(Cl)cc2)cc1. The Hall–Kier alpha value is -2.89. The van der Waals surface area contributed by atoms with Gasteiger partial charge >= 0.3 is 0 Å². The molecule has 0 bridgehead atoms. The van der Waals surface area contributed by atoms with Crippen molar-refractivity contribution in [3.8, 4) is 0 Å². The van der Waals surface area contributed by atoms with Gasteiger partial charge in [0.25, 0.3) is 0 Å². The van der Waals surface area contributed by atoms with Crippen LogP contribution in [0.25, 0.3) is 10.9 Å². The summed E-state index contributed by atoms with van der Waals surface area (Å²) in [5, 5.41) is 6.73. The average molecular weight is 437 g/mol. The largest absolute Gasteiger partial charge is 0.391 e. The van der Waals surface area contributed by atoms with Crippen molar-refractivity contribution < 1.29 is 9.23 Å². The third kappa shape index (κ3) is 5.38. The van der Waals surface area contributed by atoms with E-state index in [9.17, 15) is 4.39 Å². The molecule has 1 aromatic heterocycles. The lowest BCUT2D eigenvalue weighted by atomic mass is 10.2. The van der Waals surface area contributed by atoms with E-state index in [1.54, 1.807) is 30.1 Å². The highest BCUT2D eigenvalue weighted by Crippen LogP contribution is 2.27. The summed E-state index contributed by atoms with van der Waals surface area (Å²) in [6.45, 7) is 0.269. The summed E-state index contributed by atoms with van der Waals surface area (Å²) in [6, 6.07) is 24.0. The lowest BCUT2D eigenvalue weighted by Crippen LogP contribution is -1.94. The minimum absolute atomic E-state index is 0.269. The van der Waals surface area contributed by atoms with E-state index in [4.69, 9.17) is 21.4 Å². The van der Waals surface area contributed by atoms with Crippen molar-refractivity contribution in [2.45, 2.75) is 17.4 Å². The van der Waals surface area contributed by atoms with Gasteiger partial charge in [0.15, 0.2) is 0 Å². The van der Waals surface area contributed by atoms with E-state index in [0.717, 1.165) is 43.4 Å². The van der Waals surface area contributed by atoms with Gasteiger partial charge in [-0.1, -0.05) is 59.2 Å². The third-order valence-electron chi connectivity index (χ3n) is 4.42. The first kappa shape index (κ1) is 20.4. The number of para-hydroxylation sites is 1. The normalized spacial score (nSPS) is 11.3. The molecular formula is C24H18ClFN2OS. The van der Waals surface area contributed by atoms with E-state index in [1.165, 1.54) is 12.1 Å². The molecule has 0 amide bonds. The zero-order chi connectivity index (χ0) is 20.8. The molecule has 0 saturated carbocycles. The fourth-order valence-corrected chi connectivity index (χ4v) is 3.90. The Balaban J connectivity index is 1.51. The summed E-state index contributed by atoms with van der Waals surface area (Å²) < 4.78 is 13.0. The van der Waals surface area contributed by atoms with Gasteiger partial charge in [0, 0.05) is 21.7 Å². The lowest BCUT2D eigenvalue weighted by molar-refractivity contribution is 0.132. The van der Waals surface area contributed by atoms with Gasteiger partial charge < -0.3 is 4.84 Å². The first-order valence-electron chi connectivity index (χ1n) is 9.34. The topological polar surface area (TPSA) is 34.5 Å². The van der Waals surface area contributed by atoms with Gasteiger partial charge in [0.2, 0.25) is 0 Å². The van der Waals surface area contributed by atoms with Crippen LogP contribution in [0.2, 0.25) is 5.02 Å². The summed E-state index contributed by atoms with van der Waals surface area (Å²) in [6.07, 6.45) is 1.67. The van der Waals surface area contributed by atoms with Crippen LogP contribution in [-0.4, -0.2) is 11.2 Å². The molecule has 4 rings (SSSR count). The molecule has 0 aliphatic carbocycles. The minimum atomic E-state index is -0.271. The number of hydrogen-bond donors (Lipinski definition) is 0. The second-order valence-electron chi connectivity index (χ2n) is 6.63. The number of thioether (sulfide) groups is 1. The van der Waals surface area contributed by atoms with Crippen LogP contribution in [0.3, 0.4) is 0 Å². The molecular weight excluding hydrogens is 419 g/mol. The van der Waals surface area contributed by atoms with Gasteiger partial charge in [-0.3, -0.25) is 0 Å². The molecule has 0 aliphatic rings. The Morgan fingerprint density at radius 1 is 0.967 bits per heavy atom. The maximum absolute atomic E-state index is 13.0. The van der Waals surface area contributed by atoms with Crippen molar-refractivity contribution in [2.24, 2.45) is 5.16 Å². The van der Waals surface area contributed by atoms with Crippen molar-refractivity contribution in [1.29, 1.82) is 0 Å². The number of rotatable bonds is 7. The molecule has 0 atom stereocenters. The number of aromatic nitrogens is 1. The van der Waals surface area contributed by atoms with Crippen molar-refractivity contribution in [3.05, 3.63) is 106 Å². The molecule has 0 fully saturated rings. The van der Waals surface area contributed by atoms with Crippen molar-refractivity contribution >= 4 is 40.5 Å². The van der Waals surface area contributed by atoms with Crippen molar-refractivity contribution in [2.75, 3.05) is 0 Å².